The fraction of sp³-hybridized carbons (Fsp3) is 0. The van der Waals surface area contributed by atoms with Crippen molar-refractivity contribution < 1.29 is 0 Å². The third-order valence-corrected chi connectivity index (χ3v) is 1.29. The van der Waals surface area contributed by atoms with Crippen LogP contribution in [-0.2, 0) is 0 Å². The predicted molar refractivity (Wildman–Crippen MR) is 59.2 cm³/mol. The Morgan fingerprint density at radius 3 is 1.00 bits per heavy atom. The highest BCUT2D eigenvalue weighted by Crippen LogP contribution is 1.83. The van der Waals surface area contributed by atoms with Crippen LogP contribution in [0.3, 0.4) is 0 Å². The summed E-state index contributed by atoms with van der Waals surface area (Å²) in [4.78, 5) is 14.5. The number of hydrogen-bond acceptors (Lipinski definition) is 2. The van der Waals surface area contributed by atoms with E-state index in [9.17, 15) is 0 Å². The molecule has 0 atom stereocenters. The first kappa shape index (κ1) is 8.95. The van der Waals surface area contributed by atoms with E-state index >= 15 is 0 Å². The first-order valence-electron chi connectivity index (χ1n) is 3.00. The van der Waals surface area contributed by atoms with Crippen LogP contribution >= 0.6 is 24.4 Å². The van der Waals surface area contributed by atoms with Crippen molar-refractivity contribution >= 4 is 59.5 Å². The minimum absolute atomic E-state index is 0.426. The van der Waals surface area contributed by atoms with Crippen LogP contribution in [0.15, 0.2) is 20.0 Å². The lowest BCUT2D eigenvalue weighted by Gasteiger charge is -1.67. The third kappa shape index (κ3) is 3.31. The van der Waals surface area contributed by atoms with Gasteiger partial charge in [0.25, 0.3) is 0 Å². The Morgan fingerprint density at radius 2 is 0.917 bits per heavy atom. The summed E-state index contributed by atoms with van der Waals surface area (Å²) in [5.74, 6) is 0. The maximum absolute atomic E-state index is 4.52. The summed E-state index contributed by atoms with van der Waals surface area (Å²) >= 11 is 9.05. The van der Waals surface area contributed by atoms with Crippen molar-refractivity contribution in [1.29, 1.82) is 0 Å². The van der Waals surface area contributed by atoms with Crippen molar-refractivity contribution in [3.8, 4) is 0 Å². The Hall–Kier alpha value is -1.14. The van der Waals surface area contributed by atoms with Gasteiger partial charge >= 0.3 is 0 Å². The van der Waals surface area contributed by atoms with Crippen molar-refractivity contribution in [3.05, 3.63) is 0 Å². The van der Waals surface area contributed by atoms with Gasteiger partial charge in [0.2, 0.25) is 10.2 Å². The molecular weight excluding hydrogens is 192 g/mol. The van der Waals surface area contributed by atoms with E-state index in [0.717, 1.165) is 0 Å². The molecule has 0 saturated heterocycles. The van der Waals surface area contributed by atoms with Gasteiger partial charge in [-0.3, -0.25) is 0 Å². The number of thiocarbonyl (C=S) groups is 2. The molecule has 0 aromatic heterocycles. The molecule has 0 N–H and O–H groups in total. The monoisotopic (exact) mass is 196 g/mol. The molecule has 0 spiro atoms. The van der Waals surface area contributed by atoms with E-state index in [2.05, 4.69) is 44.4 Å². The highest BCUT2D eigenvalue weighted by molar-refractivity contribution is 7.80. The van der Waals surface area contributed by atoms with Crippen molar-refractivity contribution in [2.24, 2.45) is 20.0 Å². The maximum Gasteiger partial charge on any atom is 0.219 e. The van der Waals surface area contributed by atoms with Gasteiger partial charge in [-0.15, -0.1) is 0 Å². The molecule has 2 rings (SSSR count). The van der Waals surface area contributed by atoms with E-state index in [1.54, 1.807) is 24.9 Å². The molecule has 0 fully saturated rings. The standard InChI is InChI=1S/2C3H2N2S/c2*6-3-4-1-2-5-3/h2*1-2H. The zero-order valence-corrected chi connectivity index (χ0v) is 7.55. The normalized spacial score (nSPS) is 17.0. The molecule has 0 saturated carbocycles. The summed E-state index contributed by atoms with van der Waals surface area (Å²) in [6, 6.07) is 0. The Kier molecular flexibility index (Phi) is 3.49. The molecule has 4 nitrogen and oxygen atoms in total. The zero-order chi connectivity index (χ0) is 8.81. The molecular formula is C6H4N4S2. The summed E-state index contributed by atoms with van der Waals surface area (Å²) < 4.78 is 0. The summed E-state index contributed by atoms with van der Waals surface area (Å²) in [6.07, 6.45) is 6.29. The Bertz CT molecular complexity index is 254. The van der Waals surface area contributed by atoms with Crippen LogP contribution in [0, 0.1) is 0 Å². The van der Waals surface area contributed by atoms with Gasteiger partial charge in [-0.25, -0.2) is 20.0 Å². The topological polar surface area (TPSA) is 49.4 Å². The smallest absolute Gasteiger partial charge is 0.219 e. The van der Waals surface area contributed by atoms with E-state index < -0.39 is 0 Å². The molecule has 0 aliphatic carbocycles. The molecule has 0 radical (unpaired) electrons. The average molecular weight is 196 g/mol. The van der Waals surface area contributed by atoms with Gasteiger partial charge < -0.3 is 0 Å². The van der Waals surface area contributed by atoms with Gasteiger partial charge in [0.15, 0.2) is 0 Å². The highest BCUT2D eigenvalue weighted by Gasteiger charge is 1.86. The van der Waals surface area contributed by atoms with Crippen molar-refractivity contribution in [3.63, 3.8) is 0 Å². The number of aliphatic imine (C=N–C) groups is 4. The summed E-state index contributed by atoms with van der Waals surface area (Å²) in [6.45, 7) is 0. The van der Waals surface area contributed by atoms with Gasteiger partial charge in [0.05, 0.1) is 0 Å². The first-order valence-corrected chi connectivity index (χ1v) is 3.82. The van der Waals surface area contributed by atoms with Crippen LogP contribution in [0.2, 0.25) is 0 Å². The van der Waals surface area contributed by atoms with Gasteiger partial charge in [0.1, 0.15) is 0 Å². The molecule has 2 heterocycles. The van der Waals surface area contributed by atoms with Gasteiger partial charge in [-0.2, -0.15) is 0 Å². The highest BCUT2D eigenvalue weighted by atomic mass is 32.1. The molecule has 0 unspecified atom stereocenters. The van der Waals surface area contributed by atoms with Crippen molar-refractivity contribution in [2.45, 2.75) is 0 Å². The lowest BCUT2D eigenvalue weighted by molar-refractivity contribution is 1.69. The second kappa shape index (κ2) is 4.68. The molecule has 6 heteroatoms. The van der Waals surface area contributed by atoms with E-state index in [-0.39, 0.29) is 0 Å². The second-order valence-electron chi connectivity index (χ2n) is 1.68. The molecule has 0 amide bonds. The quantitative estimate of drug-likeness (QED) is 0.539. The summed E-state index contributed by atoms with van der Waals surface area (Å²) in [7, 11) is 0. The van der Waals surface area contributed by atoms with E-state index in [1.807, 2.05) is 0 Å². The van der Waals surface area contributed by atoms with Crippen molar-refractivity contribution in [2.75, 3.05) is 0 Å². The maximum atomic E-state index is 4.52. The summed E-state index contributed by atoms with van der Waals surface area (Å²) in [5.41, 5.74) is 0. The van der Waals surface area contributed by atoms with Crippen LogP contribution < -0.4 is 0 Å². The Balaban J connectivity index is 0.000000120. The largest absolute Gasteiger partial charge is 0.225 e. The molecule has 0 aromatic rings. The fourth-order valence-corrected chi connectivity index (χ4v) is 0.698. The lowest BCUT2D eigenvalue weighted by atomic mass is 10.9. The number of nitrogens with zero attached hydrogens (tertiary/aromatic N) is 4. The Morgan fingerprint density at radius 1 is 0.667 bits per heavy atom. The molecule has 2 aliphatic heterocycles. The van der Waals surface area contributed by atoms with Crippen LogP contribution in [0.25, 0.3) is 0 Å². The molecule has 2 aliphatic rings. The van der Waals surface area contributed by atoms with E-state index in [1.165, 1.54) is 0 Å². The second-order valence-corrected chi connectivity index (χ2v) is 2.41. The predicted octanol–water partition coefficient (Wildman–Crippen LogP) is 0.853. The molecule has 12 heavy (non-hydrogen) atoms. The SMILES string of the molecule is S=C1N=CC=N1.S=C1N=CC=N1. The third-order valence-electron chi connectivity index (χ3n) is 0.873. The van der Waals surface area contributed by atoms with Crippen molar-refractivity contribution in [1.82, 2.24) is 0 Å². The summed E-state index contributed by atoms with van der Waals surface area (Å²) in [5, 5.41) is 0.852. The minimum atomic E-state index is 0.426. The van der Waals surface area contributed by atoms with Gasteiger partial charge in [0, 0.05) is 24.9 Å². The molecule has 0 bridgehead atoms. The zero-order valence-electron chi connectivity index (χ0n) is 5.91. The van der Waals surface area contributed by atoms with E-state index in [0.29, 0.717) is 10.2 Å². The van der Waals surface area contributed by atoms with Crippen LogP contribution in [0.1, 0.15) is 0 Å². The molecule has 0 aromatic carbocycles. The van der Waals surface area contributed by atoms with Gasteiger partial charge in [-0.05, 0) is 24.4 Å². The van der Waals surface area contributed by atoms with Crippen LogP contribution in [0.4, 0.5) is 0 Å². The number of hydrogen-bond donors (Lipinski definition) is 0. The lowest BCUT2D eigenvalue weighted by Crippen LogP contribution is -1.69. The minimum Gasteiger partial charge on any atom is -0.225 e. The average Bonchev–Trinajstić information content (AvgIpc) is 2.63. The fourth-order valence-electron chi connectivity index (χ4n) is 0.455. The van der Waals surface area contributed by atoms with Crippen LogP contribution in [-0.4, -0.2) is 35.1 Å². The van der Waals surface area contributed by atoms with Gasteiger partial charge in [-0.1, -0.05) is 0 Å². The van der Waals surface area contributed by atoms with Crippen LogP contribution in [0.5, 0.6) is 0 Å². The first-order chi connectivity index (χ1) is 5.79. The Labute approximate surface area is 79.9 Å². The molecule has 60 valence electrons. The van der Waals surface area contributed by atoms with E-state index in [4.69, 9.17) is 0 Å². The number of rotatable bonds is 0.